The lowest BCUT2D eigenvalue weighted by molar-refractivity contribution is -0.146. The molecule has 5 unspecified atom stereocenters. The van der Waals surface area contributed by atoms with Crippen LogP contribution in [0.25, 0.3) is 0 Å². The fraction of sp³-hybridized carbons (Fsp3) is 0.833. The topological polar surface area (TPSA) is 34.1 Å². The number of fused-ring (bicyclic) bond motifs is 1. The highest BCUT2D eigenvalue weighted by Crippen LogP contribution is 2.55. The molecule has 2 bridgehead atoms. The highest BCUT2D eigenvalue weighted by Gasteiger charge is 2.53. The molecule has 0 amide bonds. The highest BCUT2D eigenvalue weighted by molar-refractivity contribution is 5.96. The van der Waals surface area contributed by atoms with Gasteiger partial charge < -0.3 is 4.79 Å². The molecule has 3 saturated carbocycles. The zero-order valence-corrected chi connectivity index (χ0v) is 8.32. The summed E-state index contributed by atoms with van der Waals surface area (Å²) in [5.41, 5.74) is 0. The molecular formula is C12H16O2. The lowest BCUT2D eigenvalue weighted by Crippen LogP contribution is -2.49. The first-order chi connectivity index (χ1) is 6.81. The minimum absolute atomic E-state index is 0.240. The average Bonchev–Trinajstić information content (AvgIpc) is 2.25. The molecule has 0 heterocycles. The van der Waals surface area contributed by atoms with Crippen molar-refractivity contribution in [3.05, 3.63) is 0 Å². The number of hydrogen-bond donors (Lipinski definition) is 0. The fourth-order valence-corrected chi connectivity index (χ4v) is 3.92. The van der Waals surface area contributed by atoms with Crippen LogP contribution in [-0.4, -0.2) is 12.1 Å². The Balaban J connectivity index is 1.92. The maximum absolute atomic E-state index is 11.9. The highest BCUT2D eigenvalue weighted by atomic mass is 16.1. The number of hydrogen-bond acceptors (Lipinski definition) is 2. The summed E-state index contributed by atoms with van der Waals surface area (Å²) in [5.74, 6) is 2.18. The van der Waals surface area contributed by atoms with Crippen molar-refractivity contribution in [2.24, 2.45) is 29.6 Å². The van der Waals surface area contributed by atoms with Gasteiger partial charge in [-0.25, -0.2) is 0 Å². The summed E-state index contributed by atoms with van der Waals surface area (Å²) >= 11 is 0. The Kier molecular flexibility index (Phi) is 1.80. The van der Waals surface area contributed by atoms with Crippen molar-refractivity contribution in [3.8, 4) is 0 Å². The van der Waals surface area contributed by atoms with Crippen LogP contribution in [0.3, 0.4) is 0 Å². The Bertz CT molecular complexity index is 284. The van der Waals surface area contributed by atoms with Crippen LogP contribution in [0, 0.1) is 29.6 Å². The smallest absolute Gasteiger partial charge is 0.146 e. The van der Waals surface area contributed by atoms with E-state index in [1.165, 1.54) is 12.8 Å². The van der Waals surface area contributed by atoms with Crippen molar-refractivity contribution in [3.63, 3.8) is 0 Å². The van der Waals surface area contributed by atoms with Gasteiger partial charge >= 0.3 is 0 Å². The second kappa shape index (κ2) is 2.91. The molecule has 0 aromatic carbocycles. The minimum Gasteiger partial charge on any atom is -0.303 e. The summed E-state index contributed by atoms with van der Waals surface area (Å²) in [7, 11) is 0. The third-order valence-electron chi connectivity index (χ3n) is 4.75. The van der Waals surface area contributed by atoms with E-state index in [9.17, 15) is 9.59 Å². The van der Waals surface area contributed by atoms with Crippen LogP contribution in [0.4, 0.5) is 0 Å². The zero-order chi connectivity index (χ0) is 9.71. The Labute approximate surface area is 84.1 Å². The molecule has 0 radical (unpaired) electrons. The number of rotatable bonds is 1. The third kappa shape index (κ3) is 0.971. The monoisotopic (exact) mass is 192 g/mol. The summed E-state index contributed by atoms with van der Waals surface area (Å²) in [4.78, 5) is 22.9. The van der Waals surface area contributed by atoms with E-state index in [1.807, 2.05) is 0 Å². The van der Waals surface area contributed by atoms with Crippen molar-refractivity contribution >= 4 is 12.1 Å². The maximum atomic E-state index is 11.9. The van der Waals surface area contributed by atoms with Crippen LogP contribution in [0.1, 0.15) is 32.1 Å². The van der Waals surface area contributed by atoms with Crippen molar-refractivity contribution in [1.82, 2.24) is 0 Å². The zero-order valence-electron chi connectivity index (χ0n) is 8.32. The van der Waals surface area contributed by atoms with Crippen LogP contribution < -0.4 is 0 Å². The third-order valence-corrected chi connectivity index (χ3v) is 4.75. The molecule has 0 N–H and O–H groups in total. The number of carbonyl (C=O) groups excluding carboxylic acids is 2. The van der Waals surface area contributed by atoms with Crippen LogP contribution in [0.2, 0.25) is 0 Å². The molecule has 3 aliphatic carbocycles. The van der Waals surface area contributed by atoms with Gasteiger partial charge in [0.15, 0.2) is 0 Å². The van der Waals surface area contributed by atoms with Crippen LogP contribution in [0.15, 0.2) is 0 Å². The van der Waals surface area contributed by atoms with Crippen molar-refractivity contribution < 1.29 is 9.59 Å². The van der Waals surface area contributed by atoms with E-state index in [1.54, 1.807) is 0 Å². The normalized spacial score (nSPS) is 50.6. The summed E-state index contributed by atoms with van der Waals surface area (Å²) in [6.45, 7) is 0. The molecular weight excluding hydrogens is 176 g/mol. The molecule has 2 nitrogen and oxygen atoms in total. The van der Waals surface area contributed by atoms with Gasteiger partial charge in [-0.05, 0) is 37.0 Å². The van der Waals surface area contributed by atoms with E-state index in [0.717, 1.165) is 31.5 Å². The molecule has 0 aliphatic heterocycles. The van der Waals surface area contributed by atoms with Crippen LogP contribution in [-0.2, 0) is 9.59 Å². The second-order valence-electron chi connectivity index (χ2n) is 5.26. The van der Waals surface area contributed by atoms with E-state index in [0.29, 0.717) is 11.8 Å². The quantitative estimate of drug-likeness (QED) is 0.469. The molecule has 0 saturated heterocycles. The van der Waals surface area contributed by atoms with Crippen molar-refractivity contribution in [2.45, 2.75) is 32.1 Å². The number of ketones is 1. The van der Waals surface area contributed by atoms with Gasteiger partial charge in [0.1, 0.15) is 12.1 Å². The molecule has 5 atom stereocenters. The van der Waals surface area contributed by atoms with Gasteiger partial charge in [-0.1, -0.05) is 12.8 Å². The van der Waals surface area contributed by atoms with E-state index >= 15 is 0 Å². The predicted molar refractivity (Wildman–Crippen MR) is 51.6 cm³/mol. The first kappa shape index (κ1) is 8.63. The number of Topliss-reactive ketones (excluding diaryl/α,β-unsaturated/α-hetero) is 1. The molecule has 3 aliphatic rings. The Morgan fingerprint density at radius 2 is 1.93 bits per heavy atom. The molecule has 3 fully saturated rings. The molecule has 3 rings (SSSR count). The molecule has 0 aromatic heterocycles. The Hall–Kier alpha value is -0.660. The van der Waals surface area contributed by atoms with E-state index in [-0.39, 0.29) is 17.6 Å². The van der Waals surface area contributed by atoms with Gasteiger partial charge in [0.05, 0.1) is 5.92 Å². The van der Waals surface area contributed by atoms with Gasteiger partial charge in [0.25, 0.3) is 0 Å². The lowest BCUT2D eigenvalue weighted by Gasteiger charge is -2.48. The van der Waals surface area contributed by atoms with Crippen molar-refractivity contribution in [2.75, 3.05) is 0 Å². The van der Waals surface area contributed by atoms with E-state index in [4.69, 9.17) is 0 Å². The molecule has 0 aromatic rings. The molecule has 14 heavy (non-hydrogen) atoms. The van der Waals surface area contributed by atoms with Gasteiger partial charge in [-0.2, -0.15) is 0 Å². The first-order valence-electron chi connectivity index (χ1n) is 5.80. The van der Waals surface area contributed by atoms with Crippen LogP contribution >= 0.6 is 0 Å². The maximum Gasteiger partial charge on any atom is 0.146 e. The lowest BCUT2D eigenvalue weighted by atomic mass is 9.54. The first-order valence-corrected chi connectivity index (χ1v) is 5.80. The molecule has 2 heteroatoms. The van der Waals surface area contributed by atoms with Gasteiger partial charge in [-0.3, -0.25) is 4.79 Å². The van der Waals surface area contributed by atoms with Crippen molar-refractivity contribution in [1.29, 1.82) is 0 Å². The molecule has 0 spiro atoms. The van der Waals surface area contributed by atoms with Gasteiger partial charge in [0, 0.05) is 5.92 Å². The van der Waals surface area contributed by atoms with Gasteiger partial charge in [0.2, 0.25) is 0 Å². The predicted octanol–water partition coefficient (Wildman–Crippen LogP) is 1.83. The Morgan fingerprint density at radius 1 is 1.14 bits per heavy atom. The minimum atomic E-state index is -0.240. The van der Waals surface area contributed by atoms with E-state index in [2.05, 4.69) is 0 Å². The second-order valence-corrected chi connectivity index (χ2v) is 5.26. The summed E-state index contributed by atoms with van der Waals surface area (Å²) < 4.78 is 0. The van der Waals surface area contributed by atoms with E-state index < -0.39 is 0 Å². The standard InChI is InChI=1S/C12H16O2/c13-6-11-8-3-1-2-7-5-10(12(11)14)9(7)4-8/h6-11H,1-5H2. The SMILES string of the molecule is O=CC1C(=O)C2CC3CCCC1CC32. The summed E-state index contributed by atoms with van der Waals surface area (Å²) in [6, 6.07) is 0. The number of aldehydes is 1. The molecule has 76 valence electrons. The van der Waals surface area contributed by atoms with Crippen LogP contribution in [0.5, 0.6) is 0 Å². The fourth-order valence-electron chi connectivity index (χ4n) is 3.92. The summed E-state index contributed by atoms with van der Waals surface area (Å²) in [6.07, 6.45) is 6.80. The largest absolute Gasteiger partial charge is 0.303 e. The summed E-state index contributed by atoms with van der Waals surface area (Å²) in [5, 5.41) is 0. The van der Waals surface area contributed by atoms with Gasteiger partial charge in [-0.15, -0.1) is 0 Å². The Morgan fingerprint density at radius 3 is 2.71 bits per heavy atom. The number of carbonyl (C=O) groups is 2. The average molecular weight is 192 g/mol.